The molecular formula is C31H47NO. The molecule has 1 heterocycles. The fourth-order valence-corrected chi connectivity index (χ4v) is 5.16. The standard InChI is InChI=1S/C31H47NO/c1-3-5-7-9-11-13-27-18-23-31(32-24-27)29-19-21-30(22-20-29)33-25-28-16-14-26(15-17-28)12-10-8-6-4-2/h18-24,26,28H,3-17,25H2,1-2H3. The van der Waals surface area contributed by atoms with Crippen LogP contribution in [-0.2, 0) is 6.42 Å². The highest BCUT2D eigenvalue weighted by Crippen LogP contribution is 2.32. The molecule has 1 aromatic carbocycles. The van der Waals surface area contributed by atoms with Crippen molar-refractivity contribution in [3.05, 3.63) is 48.2 Å². The van der Waals surface area contributed by atoms with Crippen LogP contribution in [0.5, 0.6) is 5.75 Å². The fraction of sp³-hybridized carbons (Fsp3) is 0.645. The van der Waals surface area contributed by atoms with Gasteiger partial charge in [-0.3, -0.25) is 4.98 Å². The molecule has 0 aliphatic heterocycles. The maximum atomic E-state index is 6.16. The van der Waals surface area contributed by atoms with E-state index in [1.165, 1.54) is 101 Å². The van der Waals surface area contributed by atoms with Crippen molar-refractivity contribution in [2.24, 2.45) is 11.8 Å². The normalized spacial score (nSPS) is 18.4. The number of rotatable bonds is 15. The Morgan fingerprint density at radius 2 is 1.39 bits per heavy atom. The van der Waals surface area contributed by atoms with Gasteiger partial charge in [-0.05, 0) is 73.4 Å². The lowest BCUT2D eigenvalue weighted by molar-refractivity contribution is 0.177. The van der Waals surface area contributed by atoms with E-state index in [-0.39, 0.29) is 0 Å². The first-order valence-corrected chi connectivity index (χ1v) is 14.0. The van der Waals surface area contributed by atoms with Crippen molar-refractivity contribution in [1.29, 1.82) is 0 Å². The number of aromatic nitrogens is 1. The van der Waals surface area contributed by atoms with E-state index < -0.39 is 0 Å². The van der Waals surface area contributed by atoms with Crippen LogP contribution in [0.25, 0.3) is 11.3 Å². The molecule has 2 nitrogen and oxygen atoms in total. The second-order valence-electron chi connectivity index (χ2n) is 10.3. The van der Waals surface area contributed by atoms with Crippen LogP contribution in [0.2, 0.25) is 0 Å². The first kappa shape index (κ1) is 25.8. The van der Waals surface area contributed by atoms with Gasteiger partial charge in [0.15, 0.2) is 0 Å². The maximum absolute atomic E-state index is 6.16. The second-order valence-corrected chi connectivity index (χ2v) is 10.3. The lowest BCUT2D eigenvalue weighted by Crippen LogP contribution is -2.20. The fourth-order valence-electron chi connectivity index (χ4n) is 5.16. The van der Waals surface area contributed by atoms with Crippen molar-refractivity contribution in [1.82, 2.24) is 4.98 Å². The summed E-state index contributed by atoms with van der Waals surface area (Å²) in [5.41, 5.74) is 3.57. The number of aryl methyl sites for hydroxylation is 1. The largest absolute Gasteiger partial charge is 0.493 e. The van der Waals surface area contributed by atoms with E-state index in [1.54, 1.807) is 0 Å². The van der Waals surface area contributed by atoms with E-state index in [2.05, 4.69) is 56.4 Å². The summed E-state index contributed by atoms with van der Waals surface area (Å²) in [6, 6.07) is 12.9. The van der Waals surface area contributed by atoms with Crippen LogP contribution in [0.1, 0.15) is 109 Å². The molecule has 0 N–H and O–H groups in total. The Kier molecular flexibility index (Phi) is 11.8. The summed E-state index contributed by atoms with van der Waals surface area (Å²) in [6.07, 6.45) is 22.4. The van der Waals surface area contributed by atoms with Gasteiger partial charge in [-0.1, -0.05) is 90.5 Å². The molecule has 33 heavy (non-hydrogen) atoms. The lowest BCUT2D eigenvalue weighted by Gasteiger charge is -2.28. The average molecular weight is 450 g/mol. The Bertz CT molecular complexity index is 743. The molecule has 1 fully saturated rings. The van der Waals surface area contributed by atoms with Crippen molar-refractivity contribution in [3.8, 4) is 17.0 Å². The number of benzene rings is 1. The van der Waals surface area contributed by atoms with Gasteiger partial charge in [-0.15, -0.1) is 0 Å². The third-order valence-electron chi connectivity index (χ3n) is 7.46. The van der Waals surface area contributed by atoms with Gasteiger partial charge >= 0.3 is 0 Å². The van der Waals surface area contributed by atoms with Crippen molar-refractivity contribution in [2.75, 3.05) is 6.61 Å². The van der Waals surface area contributed by atoms with Gasteiger partial charge in [-0.25, -0.2) is 0 Å². The van der Waals surface area contributed by atoms with E-state index in [9.17, 15) is 0 Å². The highest BCUT2D eigenvalue weighted by Gasteiger charge is 2.21. The number of ether oxygens (including phenoxy) is 1. The first-order valence-electron chi connectivity index (χ1n) is 14.0. The maximum Gasteiger partial charge on any atom is 0.119 e. The summed E-state index contributed by atoms with van der Waals surface area (Å²) < 4.78 is 6.16. The van der Waals surface area contributed by atoms with Gasteiger partial charge in [0.25, 0.3) is 0 Å². The highest BCUT2D eigenvalue weighted by molar-refractivity contribution is 5.60. The molecule has 1 aliphatic rings. The lowest BCUT2D eigenvalue weighted by atomic mass is 9.80. The van der Waals surface area contributed by atoms with Crippen molar-refractivity contribution in [3.63, 3.8) is 0 Å². The summed E-state index contributed by atoms with van der Waals surface area (Å²) in [7, 11) is 0. The van der Waals surface area contributed by atoms with Crippen molar-refractivity contribution < 1.29 is 4.74 Å². The van der Waals surface area contributed by atoms with Crippen molar-refractivity contribution >= 4 is 0 Å². The summed E-state index contributed by atoms with van der Waals surface area (Å²) in [4.78, 5) is 4.71. The minimum absolute atomic E-state index is 0.729. The van der Waals surface area contributed by atoms with Crippen LogP contribution >= 0.6 is 0 Å². The van der Waals surface area contributed by atoms with Gasteiger partial charge in [0, 0.05) is 11.8 Å². The Balaban J connectivity index is 1.35. The number of pyridine rings is 1. The van der Waals surface area contributed by atoms with Crippen LogP contribution < -0.4 is 4.74 Å². The molecule has 182 valence electrons. The van der Waals surface area contributed by atoms with Crippen LogP contribution in [0, 0.1) is 11.8 Å². The number of hydrogen-bond donors (Lipinski definition) is 0. The summed E-state index contributed by atoms with van der Waals surface area (Å²) in [6.45, 7) is 5.43. The van der Waals surface area contributed by atoms with E-state index in [0.717, 1.165) is 36.3 Å². The molecule has 2 aromatic rings. The van der Waals surface area contributed by atoms with Crippen LogP contribution in [0.4, 0.5) is 0 Å². The van der Waals surface area contributed by atoms with E-state index in [4.69, 9.17) is 9.72 Å². The molecule has 3 rings (SSSR count). The van der Waals surface area contributed by atoms with Crippen molar-refractivity contribution in [2.45, 2.75) is 110 Å². The third kappa shape index (κ3) is 9.51. The molecule has 0 radical (unpaired) electrons. The zero-order valence-corrected chi connectivity index (χ0v) is 21.4. The monoisotopic (exact) mass is 449 g/mol. The summed E-state index contributed by atoms with van der Waals surface area (Å²) in [5.74, 6) is 2.69. The van der Waals surface area contributed by atoms with Gasteiger partial charge in [0.1, 0.15) is 5.75 Å². The van der Waals surface area contributed by atoms with Crippen LogP contribution in [-0.4, -0.2) is 11.6 Å². The second kappa shape index (κ2) is 15.1. The van der Waals surface area contributed by atoms with Crippen LogP contribution in [0.15, 0.2) is 42.6 Å². The van der Waals surface area contributed by atoms with Crippen LogP contribution in [0.3, 0.4) is 0 Å². The molecule has 0 amide bonds. The smallest absolute Gasteiger partial charge is 0.119 e. The zero-order valence-electron chi connectivity index (χ0n) is 21.4. The minimum atomic E-state index is 0.729. The molecule has 0 bridgehead atoms. The Hall–Kier alpha value is -1.83. The summed E-state index contributed by atoms with van der Waals surface area (Å²) >= 11 is 0. The molecule has 0 atom stereocenters. The number of nitrogens with zero attached hydrogens (tertiary/aromatic N) is 1. The third-order valence-corrected chi connectivity index (χ3v) is 7.46. The molecular weight excluding hydrogens is 402 g/mol. The topological polar surface area (TPSA) is 22.1 Å². The Labute approximate surface area is 203 Å². The molecule has 0 saturated heterocycles. The predicted octanol–water partition coefficient (Wildman–Crippen LogP) is 9.42. The number of unbranched alkanes of at least 4 members (excludes halogenated alkanes) is 7. The Morgan fingerprint density at radius 3 is 2.06 bits per heavy atom. The van der Waals surface area contributed by atoms with E-state index in [0.29, 0.717) is 0 Å². The molecule has 0 spiro atoms. The van der Waals surface area contributed by atoms with E-state index >= 15 is 0 Å². The first-order chi connectivity index (χ1) is 16.3. The Morgan fingerprint density at radius 1 is 0.727 bits per heavy atom. The number of hydrogen-bond acceptors (Lipinski definition) is 2. The minimum Gasteiger partial charge on any atom is -0.493 e. The molecule has 2 heteroatoms. The predicted molar refractivity (Wildman–Crippen MR) is 142 cm³/mol. The quantitative estimate of drug-likeness (QED) is 0.253. The van der Waals surface area contributed by atoms with Gasteiger partial charge in [0.2, 0.25) is 0 Å². The zero-order chi connectivity index (χ0) is 23.1. The molecule has 0 unspecified atom stereocenters. The van der Waals surface area contributed by atoms with E-state index in [1.807, 2.05) is 0 Å². The summed E-state index contributed by atoms with van der Waals surface area (Å²) in [5, 5.41) is 0. The molecule has 1 aromatic heterocycles. The molecule has 1 aliphatic carbocycles. The van der Waals surface area contributed by atoms with Gasteiger partial charge in [-0.2, -0.15) is 0 Å². The molecule has 1 saturated carbocycles. The van der Waals surface area contributed by atoms with Gasteiger partial charge in [0.05, 0.1) is 12.3 Å². The highest BCUT2D eigenvalue weighted by atomic mass is 16.5. The van der Waals surface area contributed by atoms with Gasteiger partial charge < -0.3 is 4.74 Å². The average Bonchev–Trinajstić information content (AvgIpc) is 2.87. The SMILES string of the molecule is CCCCCCCc1ccc(-c2ccc(OCC3CCC(CCCCCC)CC3)cc2)nc1.